The van der Waals surface area contributed by atoms with Gasteiger partial charge in [-0.3, -0.25) is 9.59 Å². The third-order valence-electron chi connectivity index (χ3n) is 3.45. The molecule has 1 atom stereocenters. The number of carbonyl (C=O) groups is 2. The first kappa shape index (κ1) is 20.4. The van der Waals surface area contributed by atoms with Crippen LogP contribution in [0.4, 0.5) is 14.5 Å². The highest BCUT2D eigenvalue weighted by Gasteiger charge is 2.26. The van der Waals surface area contributed by atoms with E-state index in [1.54, 1.807) is 0 Å². The molecule has 2 aromatic carbocycles. The number of rotatable bonds is 6. The first-order valence-electron chi connectivity index (χ1n) is 7.30. The molecule has 1 amide bonds. The molecule has 0 saturated heterocycles. The quantitative estimate of drug-likeness (QED) is 0.664. The zero-order valence-electron chi connectivity index (χ0n) is 13.5. The average Bonchev–Trinajstić information content (AvgIpc) is 2.58. The largest absolute Gasteiger partial charge is 0.383 e. The van der Waals surface area contributed by atoms with Gasteiger partial charge in [0.25, 0.3) is 0 Å². The SMILES string of the molecule is COC[C@H](N)C(=O)Nc1ccc(Br)c(Cl)c1C(=O)c1c(F)cccc1F. The average molecular weight is 448 g/mol. The molecule has 0 saturated carbocycles. The van der Waals surface area contributed by atoms with Crippen LogP contribution in [0.3, 0.4) is 0 Å². The molecule has 138 valence electrons. The zero-order chi connectivity index (χ0) is 19.4. The molecule has 5 nitrogen and oxygen atoms in total. The molecular weight excluding hydrogens is 434 g/mol. The van der Waals surface area contributed by atoms with Crippen LogP contribution in [-0.4, -0.2) is 31.4 Å². The maximum absolute atomic E-state index is 14.0. The number of nitrogens with one attached hydrogen (secondary N) is 1. The van der Waals surface area contributed by atoms with Crippen molar-refractivity contribution in [1.82, 2.24) is 0 Å². The lowest BCUT2D eigenvalue weighted by atomic mass is 10.00. The second-order valence-corrected chi connectivity index (χ2v) is 6.49. The number of carbonyl (C=O) groups excluding carboxylic acids is 2. The van der Waals surface area contributed by atoms with Gasteiger partial charge in [0.05, 0.1) is 28.4 Å². The normalized spacial score (nSPS) is 11.9. The fourth-order valence-electron chi connectivity index (χ4n) is 2.20. The monoisotopic (exact) mass is 446 g/mol. The predicted molar refractivity (Wildman–Crippen MR) is 97.4 cm³/mol. The van der Waals surface area contributed by atoms with Gasteiger partial charge in [0, 0.05) is 11.6 Å². The Morgan fingerprint density at radius 2 is 1.85 bits per heavy atom. The number of anilines is 1. The molecule has 0 aromatic heterocycles. The van der Waals surface area contributed by atoms with E-state index < -0.39 is 34.9 Å². The molecular formula is C17H14BrClF2N2O3. The van der Waals surface area contributed by atoms with Crippen molar-refractivity contribution < 1.29 is 23.1 Å². The van der Waals surface area contributed by atoms with Gasteiger partial charge in [-0.15, -0.1) is 0 Å². The highest BCUT2D eigenvalue weighted by Crippen LogP contribution is 2.34. The lowest BCUT2D eigenvalue weighted by Gasteiger charge is -2.16. The van der Waals surface area contributed by atoms with E-state index in [1.165, 1.54) is 19.2 Å². The van der Waals surface area contributed by atoms with Crippen LogP contribution in [0, 0.1) is 11.6 Å². The van der Waals surface area contributed by atoms with E-state index in [-0.39, 0.29) is 22.9 Å². The van der Waals surface area contributed by atoms with Gasteiger partial charge in [-0.1, -0.05) is 17.7 Å². The molecule has 0 fully saturated rings. The van der Waals surface area contributed by atoms with Gasteiger partial charge in [-0.25, -0.2) is 8.78 Å². The molecule has 2 rings (SSSR count). The van der Waals surface area contributed by atoms with Gasteiger partial charge in [0.2, 0.25) is 11.7 Å². The summed E-state index contributed by atoms with van der Waals surface area (Å²) < 4.78 is 33.1. The molecule has 26 heavy (non-hydrogen) atoms. The van der Waals surface area contributed by atoms with Crippen LogP contribution in [-0.2, 0) is 9.53 Å². The summed E-state index contributed by atoms with van der Waals surface area (Å²) in [6.45, 7) is -0.0543. The molecule has 0 radical (unpaired) electrons. The summed E-state index contributed by atoms with van der Waals surface area (Å²) in [5.41, 5.74) is 4.58. The van der Waals surface area contributed by atoms with E-state index in [2.05, 4.69) is 21.2 Å². The maximum Gasteiger partial charge on any atom is 0.243 e. The van der Waals surface area contributed by atoms with Crippen molar-refractivity contribution in [3.8, 4) is 0 Å². The van der Waals surface area contributed by atoms with Crippen LogP contribution in [0.1, 0.15) is 15.9 Å². The number of benzene rings is 2. The number of hydrogen-bond acceptors (Lipinski definition) is 4. The summed E-state index contributed by atoms with van der Waals surface area (Å²) in [7, 11) is 1.37. The Morgan fingerprint density at radius 1 is 1.23 bits per heavy atom. The van der Waals surface area contributed by atoms with E-state index in [0.29, 0.717) is 4.47 Å². The smallest absolute Gasteiger partial charge is 0.243 e. The fourth-order valence-corrected chi connectivity index (χ4v) is 2.78. The molecule has 0 spiro atoms. The Bertz CT molecular complexity index is 844. The number of halogens is 4. The van der Waals surface area contributed by atoms with Crippen LogP contribution in [0.15, 0.2) is 34.8 Å². The van der Waals surface area contributed by atoms with Crippen LogP contribution in [0.25, 0.3) is 0 Å². The fraction of sp³-hybridized carbons (Fsp3) is 0.176. The predicted octanol–water partition coefficient (Wildman–Crippen LogP) is 3.52. The minimum absolute atomic E-state index is 0.0255. The Balaban J connectivity index is 2.52. The second kappa shape index (κ2) is 8.68. The zero-order valence-corrected chi connectivity index (χ0v) is 15.8. The number of nitrogens with two attached hydrogens (primary N) is 1. The summed E-state index contributed by atoms with van der Waals surface area (Å²) in [6, 6.07) is 4.89. The molecule has 3 N–H and O–H groups in total. The lowest BCUT2D eigenvalue weighted by molar-refractivity contribution is -0.118. The highest BCUT2D eigenvalue weighted by molar-refractivity contribution is 9.10. The van der Waals surface area contributed by atoms with Crippen molar-refractivity contribution in [2.24, 2.45) is 5.73 Å². The van der Waals surface area contributed by atoms with Crippen molar-refractivity contribution >= 4 is 44.9 Å². The van der Waals surface area contributed by atoms with E-state index in [9.17, 15) is 18.4 Å². The van der Waals surface area contributed by atoms with Crippen molar-refractivity contribution in [1.29, 1.82) is 0 Å². The van der Waals surface area contributed by atoms with Crippen LogP contribution in [0.5, 0.6) is 0 Å². The minimum Gasteiger partial charge on any atom is -0.383 e. The third kappa shape index (κ3) is 4.27. The van der Waals surface area contributed by atoms with E-state index >= 15 is 0 Å². The summed E-state index contributed by atoms with van der Waals surface area (Å²) in [5.74, 6) is -3.74. The third-order valence-corrected chi connectivity index (χ3v) is 4.73. The number of amides is 1. The van der Waals surface area contributed by atoms with Crippen molar-refractivity contribution in [2.45, 2.75) is 6.04 Å². The van der Waals surface area contributed by atoms with Gasteiger partial charge in [0.1, 0.15) is 17.7 Å². The number of ketones is 1. The summed E-state index contributed by atoms with van der Waals surface area (Å²) in [5, 5.41) is 2.34. The molecule has 0 heterocycles. The van der Waals surface area contributed by atoms with Crippen molar-refractivity contribution in [3.05, 3.63) is 62.6 Å². The molecule has 0 unspecified atom stereocenters. The van der Waals surface area contributed by atoms with E-state index in [0.717, 1.165) is 18.2 Å². The van der Waals surface area contributed by atoms with Gasteiger partial charge in [0.15, 0.2) is 0 Å². The summed E-state index contributed by atoms with van der Waals surface area (Å²) >= 11 is 9.30. The minimum atomic E-state index is -1.04. The molecule has 0 aliphatic heterocycles. The van der Waals surface area contributed by atoms with E-state index in [4.69, 9.17) is 22.1 Å². The second-order valence-electron chi connectivity index (χ2n) is 5.26. The molecule has 2 aromatic rings. The van der Waals surface area contributed by atoms with Crippen molar-refractivity contribution in [3.63, 3.8) is 0 Å². The Kier molecular flexibility index (Phi) is 6.82. The molecule has 0 aliphatic carbocycles. The van der Waals surface area contributed by atoms with Gasteiger partial charge in [-0.2, -0.15) is 0 Å². The van der Waals surface area contributed by atoms with Gasteiger partial charge >= 0.3 is 0 Å². The van der Waals surface area contributed by atoms with Crippen LogP contribution in [0.2, 0.25) is 5.02 Å². The number of methoxy groups -OCH3 is 1. The van der Waals surface area contributed by atoms with Gasteiger partial charge in [-0.05, 0) is 40.2 Å². The van der Waals surface area contributed by atoms with Gasteiger partial charge < -0.3 is 15.8 Å². The lowest BCUT2D eigenvalue weighted by Crippen LogP contribution is -2.39. The summed E-state index contributed by atoms with van der Waals surface area (Å²) in [6.07, 6.45) is 0. The molecule has 0 aliphatic rings. The molecule has 9 heteroatoms. The first-order chi connectivity index (χ1) is 12.3. The Labute approximate surface area is 161 Å². The summed E-state index contributed by atoms with van der Waals surface area (Å²) in [4.78, 5) is 24.9. The maximum atomic E-state index is 14.0. The number of hydrogen-bond donors (Lipinski definition) is 2. The Morgan fingerprint density at radius 3 is 2.42 bits per heavy atom. The number of ether oxygens (including phenoxy) is 1. The Hall–Kier alpha value is -1.87. The highest BCUT2D eigenvalue weighted by atomic mass is 79.9. The topological polar surface area (TPSA) is 81.4 Å². The van der Waals surface area contributed by atoms with Crippen LogP contribution >= 0.6 is 27.5 Å². The standard InChI is InChI=1S/C17H14BrClF2N2O3/c1-26-7-11(22)17(25)23-12-6-5-8(18)15(19)14(12)16(24)13-9(20)3-2-4-10(13)21/h2-6,11H,7,22H2,1H3,(H,23,25)/t11-/m0/s1. The van der Waals surface area contributed by atoms with Crippen LogP contribution < -0.4 is 11.1 Å². The molecule has 0 bridgehead atoms. The first-order valence-corrected chi connectivity index (χ1v) is 8.47. The van der Waals surface area contributed by atoms with E-state index in [1.807, 2.05) is 0 Å². The van der Waals surface area contributed by atoms with Crippen molar-refractivity contribution in [2.75, 3.05) is 19.0 Å².